The molecule has 0 saturated heterocycles. The standard InChI is InChI=1S/C13H9IN4/c1-2-9-5-11(14)3-4-12(9)18-13(8-17)10(6-15)7-16/h3-5,18H,2H2,1H3. The second kappa shape index (κ2) is 6.64. The molecule has 4 nitrogen and oxygen atoms in total. The van der Waals surface area contributed by atoms with Gasteiger partial charge in [0.15, 0.2) is 5.57 Å². The summed E-state index contributed by atoms with van der Waals surface area (Å²) in [7, 11) is 0. The topological polar surface area (TPSA) is 83.4 Å². The van der Waals surface area contributed by atoms with Crippen molar-refractivity contribution < 1.29 is 0 Å². The van der Waals surface area contributed by atoms with Crippen molar-refractivity contribution in [1.29, 1.82) is 15.8 Å². The van der Waals surface area contributed by atoms with Crippen molar-refractivity contribution in [3.63, 3.8) is 0 Å². The molecular formula is C13H9IN4. The van der Waals surface area contributed by atoms with Gasteiger partial charge >= 0.3 is 0 Å². The Morgan fingerprint density at radius 2 is 1.89 bits per heavy atom. The number of benzene rings is 1. The monoisotopic (exact) mass is 348 g/mol. The third kappa shape index (κ3) is 3.23. The van der Waals surface area contributed by atoms with Gasteiger partial charge in [-0.05, 0) is 52.8 Å². The van der Waals surface area contributed by atoms with Crippen molar-refractivity contribution in [3.8, 4) is 18.2 Å². The van der Waals surface area contributed by atoms with Gasteiger partial charge in [-0.15, -0.1) is 0 Å². The van der Waals surface area contributed by atoms with E-state index in [1.807, 2.05) is 31.2 Å². The van der Waals surface area contributed by atoms with Crippen LogP contribution in [0.2, 0.25) is 0 Å². The van der Waals surface area contributed by atoms with Gasteiger partial charge in [0.2, 0.25) is 0 Å². The molecule has 1 rings (SSSR count). The van der Waals surface area contributed by atoms with Crippen LogP contribution in [0.5, 0.6) is 0 Å². The number of aryl methyl sites for hydroxylation is 1. The highest BCUT2D eigenvalue weighted by molar-refractivity contribution is 14.1. The molecule has 0 saturated carbocycles. The number of hydrogen-bond donors (Lipinski definition) is 1. The number of rotatable bonds is 3. The van der Waals surface area contributed by atoms with E-state index < -0.39 is 0 Å². The zero-order chi connectivity index (χ0) is 13.5. The van der Waals surface area contributed by atoms with E-state index in [1.165, 1.54) is 0 Å². The zero-order valence-corrected chi connectivity index (χ0v) is 11.8. The highest BCUT2D eigenvalue weighted by atomic mass is 127. The number of anilines is 1. The van der Waals surface area contributed by atoms with Crippen LogP contribution in [0, 0.1) is 37.6 Å². The van der Waals surface area contributed by atoms with Crippen molar-refractivity contribution in [2.45, 2.75) is 13.3 Å². The van der Waals surface area contributed by atoms with Gasteiger partial charge in [-0.3, -0.25) is 0 Å². The molecule has 0 unspecified atom stereocenters. The first-order valence-electron chi connectivity index (χ1n) is 5.16. The molecular weight excluding hydrogens is 339 g/mol. The van der Waals surface area contributed by atoms with Crippen LogP contribution in [0.15, 0.2) is 29.5 Å². The first-order chi connectivity index (χ1) is 8.65. The van der Waals surface area contributed by atoms with Crippen LogP contribution in [0.25, 0.3) is 0 Å². The van der Waals surface area contributed by atoms with E-state index in [0.717, 1.165) is 21.2 Å². The van der Waals surface area contributed by atoms with E-state index in [4.69, 9.17) is 15.8 Å². The Morgan fingerprint density at radius 3 is 2.39 bits per heavy atom. The fourth-order valence-corrected chi connectivity index (χ4v) is 1.95. The van der Waals surface area contributed by atoms with E-state index in [0.29, 0.717) is 0 Å². The Morgan fingerprint density at radius 1 is 1.22 bits per heavy atom. The van der Waals surface area contributed by atoms with Gasteiger partial charge in [-0.1, -0.05) is 6.92 Å². The molecule has 0 aliphatic rings. The second-order valence-electron chi connectivity index (χ2n) is 3.37. The number of nitrogens with one attached hydrogen (secondary N) is 1. The number of allylic oxidation sites excluding steroid dienone is 2. The Kier molecular flexibility index (Phi) is 5.17. The molecule has 0 bridgehead atoms. The minimum atomic E-state index is -0.210. The number of nitrogens with zero attached hydrogens (tertiary/aromatic N) is 3. The van der Waals surface area contributed by atoms with Crippen LogP contribution in [0.3, 0.4) is 0 Å². The van der Waals surface area contributed by atoms with Crippen molar-refractivity contribution in [3.05, 3.63) is 38.6 Å². The van der Waals surface area contributed by atoms with Crippen LogP contribution in [-0.4, -0.2) is 0 Å². The average Bonchev–Trinajstić information content (AvgIpc) is 2.40. The van der Waals surface area contributed by atoms with Crippen LogP contribution >= 0.6 is 22.6 Å². The molecule has 1 aromatic rings. The lowest BCUT2D eigenvalue weighted by Crippen LogP contribution is -2.03. The summed E-state index contributed by atoms with van der Waals surface area (Å²) >= 11 is 2.21. The van der Waals surface area contributed by atoms with Crippen molar-refractivity contribution in [1.82, 2.24) is 0 Å². The lowest BCUT2D eigenvalue weighted by atomic mass is 10.1. The number of halogens is 1. The van der Waals surface area contributed by atoms with Crippen LogP contribution in [0.1, 0.15) is 12.5 Å². The second-order valence-corrected chi connectivity index (χ2v) is 4.61. The summed E-state index contributed by atoms with van der Waals surface area (Å²) in [5.74, 6) is 0. The van der Waals surface area contributed by atoms with Gasteiger partial charge in [-0.2, -0.15) is 15.8 Å². The predicted molar refractivity (Wildman–Crippen MR) is 76.0 cm³/mol. The maximum atomic E-state index is 8.96. The highest BCUT2D eigenvalue weighted by Crippen LogP contribution is 2.21. The normalized spacial score (nSPS) is 8.61. The smallest absolute Gasteiger partial charge is 0.163 e. The predicted octanol–water partition coefficient (Wildman–Crippen LogP) is 3.09. The van der Waals surface area contributed by atoms with Gasteiger partial charge in [0.1, 0.15) is 23.9 Å². The fraction of sp³-hybridized carbons (Fsp3) is 0.154. The zero-order valence-electron chi connectivity index (χ0n) is 9.66. The van der Waals surface area contributed by atoms with E-state index in [-0.39, 0.29) is 11.3 Å². The minimum absolute atomic E-state index is 0.0177. The molecule has 1 aromatic carbocycles. The molecule has 0 amide bonds. The molecule has 0 aliphatic carbocycles. The Labute approximate surface area is 119 Å². The summed E-state index contributed by atoms with van der Waals surface area (Å²) in [5.41, 5.74) is 1.55. The molecule has 0 heterocycles. The number of nitriles is 3. The van der Waals surface area contributed by atoms with Crippen molar-refractivity contribution in [2.75, 3.05) is 5.32 Å². The minimum Gasteiger partial charge on any atom is -0.345 e. The summed E-state index contributed by atoms with van der Waals surface area (Å²) in [4.78, 5) is 0. The molecule has 0 atom stereocenters. The van der Waals surface area contributed by atoms with Gasteiger partial charge in [-0.25, -0.2) is 0 Å². The van der Waals surface area contributed by atoms with E-state index >= 15 is 0 Å². The van der Waals surface area contributed by atoms with Gasteiger partial charge in [0, 0.05) is 9.26 Å². The summed E-state index contributed by atoms with van der Waals surface area (Å²) < 4.78 is 1.10. The maximum Gasteiger partial charge on any atom is 0.163 e. The SMILES string of the molecule is CCc1cc(I)ccc1NC(C#N)=C(C#N)C#N. The van der Waals surface area contributed by atoms with Gasteiger partial charge < -0.3 is 5.32 Å². The molecule has 0 aliphatic heterocycles. The lowest BCUT2D eigenvalue weighted by molar-refractivity contribution is 1.13. The molecule has 0 aromatic heterocycles. The summed E-state index contributed by atoms with van der Waals surface area (Å²) in [5, 5.41) is 29.3. The lowest BCUT2D eigenvalue weighted by Gasteiger charge is -2.10. The fourth-order valence-electron chi connectivity index (χ4n) is 1.39. The third-order valence-corrected chi connectivity index (χ3v) is 2.96. The molecule has 1 N–H and O–H groups in total. The molecule has 88 valence electrons. The van der Waals surface area contributed by atoms with E-state index in [2.05, 4.69) is 27.9 Å². The number of hydrogen-bond acceptors (Lipinski definition) is 4. The van der Waals surface area contributed by atoms with Gasteiger partial charge in [0.05, 0.1) is 0 Å². The summed E-state index contributed by atoms with van der Waals surface area (Å²) in [6, 6.07) is 11.0. The molecule has 18 heavy (non-hydrogen) atoms. The molecule has 0 fully saturated rings. The average molecular weight is 348 g/mol. The van der Waals surface area contributed by atoms with Crippen LogP contribution < -0.4 is 5.32 Å². The maximum absolute atomic E-state index is 8.96. The summed E-state index contributed by atoms with van der Waals surface area (Å²) in [6.45, 7) is 2.00. The van der Waals surface area contributed by atoms with Crippen LogP contribution in [0.4, 0.5) is 5.69 Å². The highest BCUT2D eigenvalue weighted by Gasteiger charge is 2.08. The Bertz CT molecular complexity index is 595. The van der Waals surface area contributed by atoms with Gasteiger partial charge in [0.25, 0.3) is 0 Å². The molecule has 0 spiro atoms. The largest absolute Gasteiger partial charge is 0.345 e. The Hall–Kier alpha value is -2.04. The van der Waals surface area contributed by atoms with Crippen molar-refractivity contribution >= 4 is 28.3 Å². The molecule has 0 radical (unpaired) electrons. The Balaban J connectivity index is 3.21. The quantitative estimate of drug-likeness (QED) is 0.672. The van der Waals surface area contributed by atoms with E-state index in [1.54, 1.807) is 12.1 Å². The first kappa shape index (κ1) is 14.0. The molecule has 5 heteroatoms. The van der Waals surface area contributed by atoms with Crippen LogP contribution in [-0.2, 0) is 6.42 Å². The van der Waals surface area contributed by atoms with Crippen molar-refractivity contribution in [2.24, 2.45) is 0 Å². The third-order valence-electron chi connectivity index (χ3n) is 2.29. The first-order valence-corrected chi connectivity index (χ1v) is 6.24. The summed E-state index contributed by atoms with van der Waals surface area (Å²) in [6.07, 6.45) is 0.798. The van der Waals surface area contributed by atoms with E-state index in [9.17, 15) is 0 Å².